The lowest BCUT2D eigenvalue weighted by atomic mass is 10.2. The van der Waals surface area contributed by atoms with Crippen molar-refractivity contribution in [2.24, 2.45) is 0 Å². The molecule has 1 aromatic heterocycles. The molecule has 1 aromatic carbocycles. The number of sulfonamides is 1. The molecule has 0 unspecified atom stereocenters. The maximum Gasteiger partial charge on any atom is 0.416 e. The molecule has 2 aromatic rings. The van der Waals surface area contributed by atoms with E-state index in [0.717, 1.165) is 12.1 Å². The van der Waals surface area contributed by atoms with Crippen LogP contribution in [0.1, 0.15) is 29.9 Å². The predicted octanol–water partition coefficient (Wildman–Crippen LogP) is 1.44. The third kappa shape index (κ3) is 5.84. The first kappa shape index (κ1) is 24.1. The van der Waals surface area contributed by atoms with Gasteiger partial charge in [0.05, 0.1) is 23.2 Å². The van der Waals surface area contributed by atoms with Crippen molar-refractivity contribution in [3.05, 3.63) is 41.7 Å². The molecule has 13 heteroatoms. The van der Waals surface area contributed by atoms with E-state index in [9.17, 15) is 26.4 Å². The van der Waals surface area contributed by atoms with E-state index >= 15 is 0 Å². The van der Waals surface area contributed by atoms with Gasteiger partial charge in [0.1, 0.15) is 0 Å². The molecule has 1 amide bonds. The quantitative estimate of drug-likeness (QED) is 0.652. The van der Waals surface area contributed by atoms with Gasteiger partial charge in [-0.2, -0.15) is 17.5 Å². The first-order chi connectivity index (χ1) is 15.0. The molecule has 0 saturated carbocycles. The molecule has 1 aliphatic rings. The maximum atomic E-state index is 12.9. The van der Waals surface area contributed by atoms with Crippen molar-refractivity contribution in [3.8, 4) is 0 Å². The fourth-order valence-corrected chi connectivity index (χ4v) is 4.74. The van der Waals surface area contributed by atoms with Crippen LogP contribution in [0.3, 0.4) is 0 Å². The number of carbonyl (C=O) groups excluding carboxylic acids is 1. The van der Waals surface area contributed by atoms with Crippen LogP contribution in [0.5, 0.6) is 0 Å². The van der Waals surface area contributed by atoms with Gasteiger partial charge in [-0.15, -0.1) is 5.10 Å². The second kappa shape index (κ2) is 9.55. The number of carbonyl (C=O) groups is 1. The number of hydrogen-bond acceptors (Lipinski definition) is 6. The fourth-order valence-electron chi connectivity index (χ4n) is 3.27. The third-order valence-corrected chi connectivity index (χ3v) is 6.86. The second-order valence-corrected chi connectivity index (χ2v) is 9.70. The van der Waals surface area contributed by atoms with Crippen molar-refractivity contribution in [1.29, 1.82) is 0 Å². The number of nitrogens with zero attached hydrogens (tertiary/aromatic N) is 5. The molecule has 1 fully saturated rings. The number of rotatable bonds is 7. The van der Waals surface area contributed by atoms with Crippen molar-refractivity contribution in [2.75, 3.05) is 32.7 Å². The number of alkyl halides is 3. The Morgan fingerprint density at radius 2 is 1.84 bits per heavy atom. The van der Waals surface area contributed by atoms with Gasteiger partial charge in [0, 0.05) is 38.8 Å². The Morgan fingerprint density at radius 1 is 1.16 bits per heavy atom. The van der Waals surface area contributed by atoms with E-state index in [4.69, 9.17) is 0 Å². The van der Waals surface area contributed by atoms with E-state index in [1.54, 1.807) is 10.9 Å². The number of piperazine rings is 1. The summed E-state index contributed by atoms with van der Waals surface area (Å²) in [6.45, 7) is 5.88. The van der Waals surface area contributed by atoms with E-state index in [1.807, 2.05) is 18.7 Å². The topological polar surface area (TPSA) is 100 Å². The summed E-state index contributed by atoms with van der Waals surface area (Å²) in [4.78, 5) is 13.6. The van der Waals surface area contributed by atoms with Crippen LogP contribution in [-0.4, -0.2) is 77.3 Å². The summed E-state index contributed by atoms with van der Waals surface area (Å²) in [6.07, 6.45) is -3.06. The zero-order chi connectivity index (χ0) is 23.5. The Bertz CT molecular complexity index is 1050. The van der Waals surface area contributed by atoms with Gasteiger partial charge in [-0.25, -0.2) is 8.42 Å². The number of halogens is 3. The molecule has 0 aliphatic carbocycles. The molecule has 0 bridgehead atoms. The van der Waals surface area contributed by atoms with Crippen molar-refractivity contribution in [2.45, 2.75) is 37.5 Å². The van der Waals surface area contributed by atoms with E-state index in [1.165, 1.54) is 10.4 Å². The van der Waals surface area contributed by atoms with Gasteiger partial charge in [0.15, 0.2) is 5.69 Å². The van der Waals surface area contributed by atoms with Gasteiger partial charge in [0.2, 0.25) is 10.0 Å². The predicted molar refractivity (Wildman–Crippen MR) is 109 cm³/mol. The van der Waals surface area contributed by atoms with Crippen molar-refractivity contribution in [1.82, 2.24) is 29.5 Å². The fraction of sp³-hybridized carbons (Fsp3) is 0.526. The zero-order valence-corrected chi connectivity index (χ0v) is 18.5. The third-order valence-electron chi connectivity index (χ3n) is 4.97. The minimum Gasteiger partial charge on any atom is -0.348 e. The smallest absolute Gasteiger partial charge is 0.348 e. The van der Waals surface area contributed by atoms with Gasteiger partial charge in [-0.3, -0.25) is 14.4 Å². The number of benzene rings is 1. The average molecular weight is 475 g/mol. The Hall–Kier alpha value is -2.51. The number of hydrogen-bond donors (Lipinski definition) is 1. The molecule has 176 valence electrons. The normalized spacial score (nSPS) is 16.4. The highest BCUT2D eigenvalue weighted by molar-refractivity contribution is 7.89. The largest absolute Gasteiger partial charge is 0.416 e. The summed E-state index contributed by atoms with van der Waals surface area (Å²) >= 11 is 0. The molecular weight excluding hydrogens is 449 g/mol. The summed E-state index contributed by atoms with van der Waals surface area (Å²) in [5, 5.41) is 10.5. The molecule has 0 spiro atoms. The maximum absolute atomic E-state index is 12.9. The monoisotopic (exact) mass is 474 g/mol. The molecular formula is C19H25F3N6O3S. The summed E-state index contributed by atoms with van der Waals surface area (Å²) in [5.74, 6) is -0.306. The lowest BCUT2D eigenvalue weighted by Crippen LogP contribution is -2.49. The van der Waals surface area contributed by atoms with Crippen molar-refractivity contribution >= 4 is 15.9 Å². The van der Waals surface area contributed by atoms with E-state index in [0.29, 0.717) is 32.2 Å². The van der Waals surface area contributed by atoms with Crippen molar-refractivity contribution in [3.63, 3.8) is 0 Å². The minimum atomic E-state index is -4.61. The highest BCUT2D eigenvalue weighted by Gasteiger charge is 2.34. The number of aromatic nitrogens is 3. The Kier molecular flexibility index (Phi) is 7.20. The summed E-state index contributed by atoms with van der Waals surface area (Å²) in [5.41, 5.74) is -0.776. The van der Waals surface area contributed by atoms with Gasteiger partial charge >= 0.3 is 6.18 Å². The standard InChI is InChI=1S/C19H25F3N6O3S/c1-14(2)23-18(29)17-13-27(25-24-17)9-6-26-7-10-28(11-8-26)32(30,31)16-5-3-4-15(12-16)19(20,21)22/h3-5,12-14H,6-11H2,1-2H3,(H,23,29). The van der Waals surface area contributed by atoms with Crippen LogP contribution in [-0.2, 0) is 22.7 Å². The molecule has 9 nitrogen and oxygen atoms in total. The van der Waals surface area contributed by atoms with Crippen LogP contribution < -0.4 is 5.32 Å². The van der Waals surface area contributed by atoms with Gasteiger partial charge in [0.25, 0.3) is 5.91 Å². The number of nitrogens with one attached hydrogen (secondary N) is 1. The summed E-state index contributed by atoms with van der Waals surface area (Å²) in [6, 6.07) is 3.77. The Balaban J connectivity index is 1.54. The van der Waals surface area contributed by atoms with E-state index in [2.05, 4.69) is 15.6 Å². The molecule has 32 heavy (non-hydrogen) atoms. The highest BCUT2D eigenvalue weighted by Crippen LogP contribution is 2.31. The number of amides is 1. The molecule has 1 N–H and O–H groups in total. The molecule has 0 atom stereocenters. The molecule has 1 aliphatic heterocycles. The second-order valence-electron chi connectivity index (χ2n) is 7.77. The lowest BCUT2D eigenvalue weighted by molar-refractivity contribution is -0.137. The van der Waals surface area contributed by atoms with E-state index < -0.39 is 21.8 Å². The van der Waals surface area contributed by atoms with Gasteiger partial charge < -0.3 is 5.32 Å². The highest BCUT2D eigenvalue weighted by atomic mass is 32.2. The SMILES string of the molecule is CC(C)NC(=O)c1cn(CCN2CCN(S(=O)(=O)c3cccc(C(F)(F)F)c3)CC2)nn1. The zero-order valence-electron chi connectivity index (χ0n) is 17.7. The Labute approximate surface area is 184 Å². The summed E-state index contributed by atoms with van der Waals surface area (Å²) in [7, 11) is -4.02. The summed E-state index contributed by atoms with van der Waals surface area (Å²) < 4.78 is 67.1. The lowest BCUT2D eigenvalue weighted by Gasteiger charge is -2.33. The molecule has 1 saturated heterocycles. The van der Waals surface area contributed by atoms with Crippen LogP contribution in [0.2, 0.25) is 0 Å². The molecule has 0 radical (unpaired) electrons. The van der Waals surface area contributed by atoms with Crippen LogP contribution in [0.25, 0.3) is 0 Å². The van der Waals surface area contributed by atoms with Crippen molar-refractivity contribution < 1.29 is 26.4 Å². The van der Waals surface area contributed by atoms with Gasteiger partial charge in [-0.05, 0) is 32.0 Å². The molecule has 2 heterocycles. The van der Waals surface area contributed by atoms with Crippen LogP contribution in [0.15, 0.2) is 35.4 Å². The van der Waals surface area contributed by atoms with Gasteiger partial charge in [-0.1, -0.05) is 11.3 Å². The molecule has 3 rings (SSSR count). The van der Waals surface area contributed by atoms with Crippen LogP contribution >= 0.6 is 0 Å². The Morgan fingerprint density at radius 3 is 2.47 bits per heavy atom. The average Bonchev–Trinajstić information content (AvgIpc) is 3.21. The van der Waals surface area contributed by atoms with Crippen LogP contribution in [0, 0.1) is 0 Å². The first-order valence-corrected chi connectivity index (χ1v) is 11.5. The first-order valence-electron chi connectivity index (χ1n) is 10.1. The van der Waals surface area contributed by atoms with E-state index in [-0.39, 0.29) is 35.6 Å². The minimum absolute atomic E-state index is 0.0174. The van der Waals surface area contributed by atoms with Crippen LogP contribution in [0.4, 0.5) is 13.2 Å².